The normalized spacial score (nSPS) is 15.9. The lowest BCUT2D eigenvalue weighted by atomic mass is 10.00. The summed E-state index contributed by atoms with van der Waals surface area (Å²) in [6.45, 7) is 3.03. The van der Waals surface area contributed by atoms with E-state index in [0.717, 1.165) is 41.1 Å². The van der Waals surface area contributed by atoms with Gasteiger partial charge >= 0.3 is 0 Å². The number of hydrogen-bond acceptors (Lipinski definition) is 6. The quantitative estimate of drug-likeness (QED) is 0.614. The third-order valence-electron chi connectivity index (χ3n) is 4.71. The molecule has 4 N–H and O–H groups in total. The molecule has 130 valence electrons. The van der Waals surface area contributed by atoms with Crippen LogP contribution in [0, 0.1) is 0 Å². The molecule has 6 heteroatoms. The van der Waals surface area contributed by atoms with Gasteiger partial charge in [-0.1, -0.05) is 30.3 Å². The van der Waals surface area contributed by atoms with Crippen LogP contribution >= 0.6 is 11.5 Å². The summed E-state index contributed by atoms with van der Waals surface area (Å²) in [6.07, 6.45) is 0.606. The SMILES string of the molecule is Nc1cccc2c(NC[C@H](O)CN3CCc4ccccc4C3)nsc12. The number of aliphatic hydroxyl groups excluding tert-OH is 1. The van der Waals surface area contributed by atoms with Crippen molar-refractivity contribution in [3.8, 4) is 0 Å². The second kappa shape index (κ2) is 7.00. The summed E-state index contributed by atoms with van der Waals surface area (Å²) in [4.78, 5) is 2.31. The van der Waals surface area contributed by atoms with E-state index in [1.54, 1.807) is 0 Å². The molecule has 0 radical (unpaired) electrons. The molecule has 0 amide bonds. The molecule has 0 aliphatic carbocycles. The predicted molar refractivity (Wildman–Crippen MR) is 104 cm³/mol. The van der Waals surface area contributed by atoms with E-state index in [4.69, 9.17) is 5.73 Å². The van der Waals surface area contributed by atoms with Crippen LogP contribution in [0.3, 0.4) is 0 Å². The van der Waals surface area contributed by atoms with Gasteiger partial charge in [-0.15, -0.1) is 0 Å². The lowest BCUT2D eigenvalue weighted by Crippen LogP contribution is -2.39. The minimum atomic E-state index is -0.442. The lowest BCUT2D eigenvalue weighted by molar-refractivity contribution is 0.114. The molecule has 0 bridgehead atoms. The third kappa shape index (κ3) is 3.46. The Labute approximate surface area is 151 Å². The van der Waals surface area contributed by atoms with E-state index in [1.165, 1.54) is 22.7 Å². The van der Waals surface area contributed by atoms with E-state index in [1.807, 2.05) is 18.2 Å². The zero-order chi connectivity index (χ0) is 17.2. The summed E-state index contributed by atoms with van der Waals surface area (Å²) >= 11 is 1.39. The summed E-state index contributed by atoms with van der Waals surface area (Å²) < 4.78 is 5.42. The smallest absolute Gasteiger partial charge is 0.147 e. The van der Waals surface area contributed by atoms with Crippen molar-refractivity contribution in [3.63, 3.8) is 0 Å². The van der Waals surface area contributed by atoms with Crippen molar-refractivity contribution in [2.75, 3.05) is 30.7 Å². The highest BCUT2D eigenvalue weighted by atomic mass is 32.1. The van der Waals surface area contributed by atoms with E-state index < -0.39 is 6.10 Å². The topological polar surface area (TPSA) is 74.4 Å². The van der Waals surface area contributed by atoms with Crippen molar-refractivity contribution >= 4 is 33.1 Å². The molecule has 2 aromatic carbocycles. The molecule has 0 fully saturated rings. The second-order valence-electron chi connectivity index (χ2n) is 6.54. The Bertz CT molecular complexity index is 879. The van der Waals surface area contributed by atoms with Gasteiger partial charge in [0.25, 0.3) is 0 Å². The van der Waals surface area contributed by atoms with Crippen LogP contribution in [0.4, 0.5) is 11.5 Å². The van der Waals surface area contributed by atoms with Gasteiger partial charge in [-0.2, -0.15) is 4.37 Å². The van der Waals surface area contributed by atoms with E-state index in [2.05, 4.69) is 38.9 Å². The van der Waals surface area contributed by atoms with E-state index in [0.29, 0.717) is 13.1 Å². The van der Waals surface area contributed by atoms with Crippen molar-refractivity contribution in [2.45, 2.75) is 19.1 Å². The Balaban J connectivity index is 1.35. The number of nitrogens with zero attached hydrogens (tertiary/aromatic N) is 2. The number of β-amino-alcohol motifs (C(OH)–C–C–N with tert-alkyl or cyclic N) is 1. The van der Waals surface area contributed by atoms with Crippen LogP contribution in [0.5, 0.6) is 0 Å². The fourth-order valence-electron chi connectivity index (χ4n) is 3.40. The van der Waals surface area contributed by atoms with Crippen LogP contribution in [0.15, 0.2) is 42.5 Å². The Hall–Kier alpha value is -2.15. The van der Waals surface area contributed by atoms with Gasteiger partial charge in [0.15, 0.2) is 0 Å². The third-order valence-corrected chi connectivity index (χ3v) is 5.62. The molecule has 4 rings (SSSR count). The summed E-state index contributed by atoms with van der Waals surface area (Å²) in [5, 5.41) is 14.7. The van der Waals surface area contributed by atoms with Crippen LogP contribution in [0.25, 0.3) is 10.1 Å². The second-order valence-corrected chi connectivity index (χ2v) is 7.32. The first kappa shape index (κ1) is 16.3. The molecule has 0 spiro atoms. The Morgan fingerprint density at radius 1 is 1.20 bits per heavy atom. The summed E-state index contributed by atoms with van der Waals surface area (Å²) in [5.74, 6) is 0.801. The van der Waals surface area contributed by atoms with Crippen LogP contribution in [-0.4, -0.2) is 40.1 Å². The number of nitrogens with two attached hydrogens (primary N) is 1. The van der Waals surface area contributed by atoms with Crippen LogP contribution < -0.4 is 11.1 Å². The standard InChI is InChI=1S/C19H22N4OS/c20-17-7-3-6-16-18(17)25-22-19(16)21-10-15(24)12-23-9-8-13-4-1-2-5-14(13)11-23/h1-7,15,24H,8-12,20H2,(H,21,22)/t15-/m0/s1. The van der Waals surface area contributed by atoms with Gasteiger partial charge in [0.2, 0.25) is 0 Å². The fourth-order valence-corrected chi connectivity index (χ4v) is 4.18. The first-order valence-electron chi connectivity index (χ1n) is 8.55. The Morgan fingerprint density at radius 3 is 2.92 bits per heavy atom. The van der Waals surface area contributed by atoms with Crippen molar-refractivity contribution in [3.05, 3.63) is 53.6 Å². The number of hydrogen-bond donors (Lipinski definition) is 3. The highest BCUT2D eigenvalue weighted by molar-refractivity contribution is 7.14. The molecule has 1 aliphatic rings. The van der Waals surface area contributed by atoms with Crippen molar-refractivity contribution in [2.24, 2.45) is 0 Å². The molecule has 0 saturated heterocycles. The summed E-state index contributed by atoms with van der Waals surface area (Å²) in [5.41, 5.74) is 9.52. The molecular formula is C19H22N4OS. The number of nitrogens with one attached hydrogen (secondary N) is 1. The molecule has 3 aromatic rings. The van der Waals surface area contributed by atoms with Gasteiger partial charge in [0.1, 0.15) is 5.82 Å². The molecule has 0 saturated carbocycles. The van der Waals surface area contributed by atoms with Gasteiger partial charge in [-0.05, 0) is 41.2 Å². The van der Waals surface area contributed by atoms with Crippen molar-refractivity contribution in [1.29, 1.82) is 0 Å². The predicted octanol–water partition coefficient (Wildman–Crippen LogP) is 2.71. The van der Waals surface area contributed by atoms with Crippen molar-refractivity contribution in [1.82, 2.24) is 9.27 Å². The molecule has 0 unspecified atom stereocenters. The average Bonchev–Trinajstić information content (AvgIpc) is 3.04. The number of aliphatic hydroxyl groups is 1. The van der Waals surface area contributed by atoms with Gasteiger partial charge in [0.05, 0.1) is 16.5 Å². The number of aromatic nitrogens is 1. The first-order valence-corrected chi connectivity index (χ1v) is 9.33. The zero-order valence-corrected chi connectivity index (χ0v) is 14.8. The van der Waals surface area contributed by atoms with Gasteiger partial charge in [0, 0.05) is 31.6 Å². The van der Waals surface area contributed by atoms with Crippen molar-refractivity contribution < 1.29 is 5.11 Å². The Morgan fingerprint density at radius 2 is 2.04 bits per heavy atom. The highest BCUT2D eigenvalue weighted by Gasteiger charge is 2.18. The van der Waals surface area contributed by atoms with Crippen LogP contribution in [-0.2, 0) is 13.0 Å². The Kier molecular flexibility index (Phi) is 4.57. The molecule has 1 atom stereocenters. The molecule has 1 aromatic heterocycles. The van der Waals surface area contributed by atoms with Gasteiger partial charge in [-0.25, -0.2) is 0 Å². The zero-order valence-electron chi connectivity index (χ0n) is 14.0. The monoisotopic (exact) mass is 354 g/mol. The van der Waals surface area contributed by atoms with Gasteiger partial charge < -0.3 is 16.2 Å². The van der Waals surface area contributed by atoms with E-state index >= 15 is 0 Å². The minimum absolute atomic E-state index is 0.442. The average molecular weight is 354 g/mol. The lowest BCUT2D eigenvalue weighted by Gasteiger charge is -2.30. The highest BCUT2D eigenvalue weighted by Crippen LogP contribution is 2.30. The fraction of sp³-hybridized carbons (Fsp3) is 0.316. The number of nitrogen functional groups attached to an aromatic ring is 1. The maximum Gasteiger partial charge on any atom is 0.147 e. The molecule has 2 heterocycles. The minimum Gasteiger partial charge on any atom is -0.398 e. The molecule has 1 aliphatic heterocycles. The summed E-state index contributed by atoms with van der Waals surface area (Å²) in [7, 11) is 0. The maximum absolute atomic E-state index is 10.4. The molecule has 5 nitrogen and oxygen atoms in total. The van der Waals surface area contributed by atoms with Crippen LogP contribution in [0.2, 0.25) is 0 Å². The first-order chi connectivity index (χ1) is 12.2. The maximum atomic E-state index is 10.4. The van der Waals surface area contributed by atoms with Crippen LogP contribution in [0.1, 0.15) is 11.1 Å². The number of fused-ring (bicyclic) bond motifs is 2. The molecular weight excluding hydrogens is 332 g/mol. The largest absolute Gasteiger partial charge is 0.398 e. The van der Waals surface area contributed by atoms with Gasteiger partial charge in [-0.3, -0.25) is 4.90 Å². The van der Waals surface area contributed by atoms with E-state index in [-0.39, 0.29) is 0 Å². The number of rotatable bonds is 5. The number of benzene rings is 2. The number of anilines is 2. The molecule has 25 heavy (non-hydrogen) atoms. The van der Waals surface area contributed by atoms with E-state index in [9.17, 15) is 5.11 Å². The summed E-state index contributed by atoms with van der Waals surface area (Å²) in [6, 6.07) is 14.4.